The molecule has 2 aromatic carbocycles. The number of amides is 1. The van der Waals surface area contributed by atoms with Crippen LogP contribution in [0.3, 0.4) is 0 Å². The van der Waals surface area contributed by atoms with Crippen LogP contribution in [0.25, 0.3) is 0 Å². The molecule has 0 aromatic heterocycles. The second kappa shape index (κ2) is 7.05. The predicted molar refractivity (Wildman–Crippen MR) is 96.9 cm³/mol. The van der Waals surface area contributed by atoms with E-state index < -0.39 is 5.97 Å². The van der Waals surface area contributed by atoms with Gasteiger partial charge in [0.25, 0.3) is 0 Å². The maximum absolute atomic E-state index is 12.4. The van der Waals surface area contributed by atoms with Crippen molar-refractivity contribution in [3.05, 3.63) is 63.6 Å². The van der Waals surface area contributed by atoms with Gasteiger partial charge in [-0.05, 0) is 30.3 Å². The van der Waals surface area contributed by atoms with Crippen molar-refractivity contribution >= 4 is 52.5 Å². The number of esters is 1. The molecule has 1 aliphatic heterocycles. The lowest BCUT2D eigenvalue weighted by molar-refractivity contribution is -0.115. The molecule has 0 spiro atoms. The van der Waals surface area contributed by atoms with E-state index in [1.165, 1.54) is 18.9 Å². The molecule has 1 aliphatic rings. The van der Waals surface area contributed by atoms with Gasteiger partial charge in [0, 0.05) is 11.3 Å². The van der Waals surface area contributed by atoms with E-state index in [1.54, 1.807) is 35.2 Å². The van der Waals surface area contributed by atoms with Gasteiger partial charge in [-0.25, -0.2) is 4.79 Å². The summed E-state index contributed by atoms with van der Waals surface area (Å²) in [6, 6.07) is 12.1. The Bertz CT molecular complexity index is 795. The molecule has 1 heterocycles. The Labute approximate surface area is 153 Å². The molecular weight excluding hydrogens is 369 g/mol. The zero-order valence-electron chi connectivity index (χ0n) is 12.7. The van der Waals surface area contributed by atoms with E-state index in [9.17, 15) is 9.59 Å². The van der Waals surface area contributed by atoms with Crippen molar-refractivity contribution in [2.45, 2.75) is 5.37 Å². The average Bonchev–Trinajstić information content (AvgIpc) is 2.98. The molecule has 124 valence electrons. The van der Waals surface area contributed by atoms with Gasteiger partial charge in [-0.2, -0.15) is 0 Å². The van der Waals surface area contributed by atoms with Crippen molar-refractivity contribution in [2.24, 2.45) is 0 Å². The van der Waals surface area contributed by atoms with E-state index in [4.69, 9.17) is 23.2 Å². The van der Waals surface area contributed by atoms with Crippen molar-refractivity contribution in [1.29, 1.82) is 0 Å². The van der Waals surface area contributed by atoms with Gasteiger partial charge in [0.05, 0.1) is 28.5 Å². The van der Waals surface area contributed by atoms with Crippen LogP contribution in [0.2, 0.25) is 10.0 Å². The summed E-state index contributed by atoms with van der Waals surface area (Å²) in [6.45, 7) is 0. The minimum atomic E-state index is -0.418. The van der Waals surface area contributed by atoms with Crippen LogP contribution in [0.15, 0.2) is 42.5 Å². The van der Waals surface area contributed by atoms with Crippen molar-refractivity contribution < 1.29 is 14.3 Å². The van der Waals surface area contributed by atoms with E-state index in [1.807, 2.05) is 12.1 Å². The third-order valence-corrected chi connectivity index (χ3v) is 5.71. The predicted octanol–water partition coefficient (Wildman–Crippen LogP) is 4.56. The molecule has 1 unspecified atom stereocenters. The smallest absolute Gasteiger partial charge is 0.337 e. The number of methoxy groups -OCH3 is 1. The Hall–Kier alpha value is -1.69. The van der Waals surface area contributed by atoms with Crippen LogP contribution in [0.5, 0.6) is 0 Å². The van der Waals surface area contributed by atoms with Crippen LogP contribution < -0.4 is 4.90 Å². The standard InChI is InChI=1S/C17H13Cl2NO3S/c1-23-17(22)10-5-7-11(8-6-10)20-14(21)9-24-16(20)12-3-2-4-13(18)15(12)19/h2-8,16H,9H2,1H3. The number of carbonyl (C=O) groups excluding carboxylic acids is 2. The number of ether oxygens (including phenoxy) is 1. The lowest BCUT2D eigenvalue weighted by atomic mass is 10.1. The van der Waals surface area contributed by atoms with Crippen LogP contribution in [0.1, 0.15) is 21.3 Å². The molecule has 2 aromatic rings. The number of nitrogens with zero attached hydrogens (tertiary/aromatic N) is 1. The van der Waals surface area contributed by atoms with E-state index in [0.29, 0.717) is 27.0 Å². The molecule has 0 aliphatic carbocycles. The molecule has 0 radical (unpaired) electrons. The highest BCUT2D eigenvalue weighted by atomic mass is 35.5. The normalized spacial score (nSPS) is 17.2. The molecule has 1 fully saturated rings. The highest BCUT2D eigenvalue weighted by Crippen LogP contribution is 2.45. The van der Waals surface area contributed by atoms with Crippen LogP contribution in [-0.4, -0.2) is 24.7 Å². The van der Waals surface area contributed by atoms with Gasteiger partial charge in [-0.15, -0.1) is 11.8 Å². The second-order valence-electron chi connectivity index (χ2n) is 5.11. The number of hydrogen-bond acceptors (Lipinski definition) is 4. The zero-order chi connectivity index (χ0) is 17.3. The number of rotatable bonds is 3. The first kappa shape index (κ1) is 17.1. The van der Waals surface area contributed by atoms with Crippen molar-refractivity contribution in [1.82, 2.24) is 0 Å². The van der Waals surface area contributed by atoms with E-state index in [2.05, 4.69) is 4.74 Å². The van der Waals surface area contributed by atoms with Gasteiger partial charge >= 0.3 is 5.97 Å². The molecule has 7 heteroatoms. The van der Waals surface area contributed by atoms with Gasteiger partial charge in [0.15, 0.2) is 0 Å². The number of hydrogen-bond donors (Lipinski definition) is 0. The molecule has 1 amide bonds. The van der Waals surface area contributed by atoms with Crippen LogP contribution >= 0.6 is 35.0 Å². The molecule has 4 nitrogen and oxygen atoms in total. The fourth-order valence-corrected chi connectivity index (χ4v) is 4.20. The monoisotopic (exact) mass is 381 g/mol. The molecule has 0 saturated carbocycles. The second-order valence-corrected chi connectivity index (χ2v) is 6.96. The van der Waals surface area contributed by atoms with Gasteiger partial charge in [-0.3, -0.25) is 9.69 Å². The minimum absolute atomic E-state index is 0.0214. The molecule has 24 heavy (non-hydrogen) atoms. The fraction of sp³-hybridized carbons (Fsp3) is 0.176. The summed E-state index contributed by atoms with van der Waals surface area (Å²) in [4.78, 5) is 25.6. The van der Waals surface area contributed by atoms with Gasteiger partial charge in [-0.1, -0.05) is 35.3 Å². The highest BCUT2D eigenvalue weighted by Gasteiger charge is 2.35. The van der Waals surface area contributed by atoms with E-state index >= 15 is 0 Å². The quantitative estimate of drug-likeness (QED) is 0.731. The molecule has 0 bridgehead atoms. The first-order valence-corrected chi connectivity index (χ1v) is 8.89. The van der Waals surface area contributed by atoms with Crippen molar-refractivity contribution in [3.8, 4) is 0 Å². The summed E-state index contributed by atoms with van der Waals surface area (Å²) in [5.41, 5.74) is 1.91. The SMILES string of the molecule is COC(=O)c1ccc(N2C(=O)CSC2c2cccc(Cl)c2Cl)cc1. The Kier molecular flexibility index (Phi) is 5.04. The number of halogens is 2. The Morgan fingerprint density at radius 1 is 1.21 bits per heavy atom. The van der Waals surface area contributed by atoms with Gasteiger partial charge in [0.1, 0.15) is 5.37 Å². The van der Waals surface area contributed by atoms with E-state index in [0.717, 1.165) is 5.56 Å². The number of thioether (sulfide) groups is 1. The topological polar surface area (TPSA) is 46.6 Å². The Morgan fingerprint density at radius 3 is 2.58 bits per heavy atom. The summed E-state index contributed by atoms with van der Waals surface area (Å²) in [5.74, 6) is -0.0864. The summed E-state index contributed by atoms with van der Waals surface area (Å²) < 4.78 is 4.69. The largest absolute Gasteiger partial charge is 0.465 e. The summed E-state index contributed by atoms with van der Waals surface area (Å²) >= 11 is 13.9. The first-order valence-electron chi connectivity index (χ1n) is 7.09. The number of carbonyl (C=O) groups is 2. The summed E-state index contributed by atoms with van der Waals surface area (Å²) in [7, 11) is 1.33. The molecule has 1 atom stereocenters. The van der Waals surface area contributed by atoms with Crippen LogP contribution in [-0.2, 0) is 9.53 Å². The third kappa shape index (κ3) is 3.11. The van der Waals surface area contributed by atoms with Crippen molar-refractivity contribution in [2.75, 3.05) is 17.8 Å². The highest BCUT2D eigenvalue weighted by molar-refractivity contribution is 8.00. The Balaban J connectivity index is 1.97. The van der Waals surface area contributed by atoms with Gasteiger partial charge < -0.3 is 4.74 Å². The van der Waals surface area contributed by atoms with Crippen LogP contribution in [0.4, 0.5) is 5.69 Å². The average molecular weight is 382 g/mol. The zero-order valence-corrected chi connectivity index (χ0v) is 15.0. The number of anilines is 1. The molecule has 0 N–H and O–H groups in total. The first-order chi connectivity index (χ1) is 11.5. The third-order valence-electron chi connectivity index (χ3n) is 3.68. The minimum Gasteiger partial charge on any atom is -0.465 e. The lowest BCUT2D eigenvalue weighted by Gasteiger charge is -2.25. The maximum atomic E-state index is 12.4. The Morgan fingerprint density at radius 2 is 1.92 bits per heavy atom. The summed E-state index contributed by atoms with van der Waals surface area (Å²) in [6.07, 6.45) is 0. The molecular formula is C17H13Cl2NO3S. The molecule has 3 rings (SSSR count). The van der Waals surface area contributed by atoms with E-state index in [-0.39, 0.29) is 11.3 Å². The summed E-state index contributed by atoms with van der Waals surface area (Å²) in [5, 5.41) is 0.644. The van der Waals surface area contributed by atoms with Crippen LogP contribution in [0, 0.1) is 0 Å². The number of benzene rings is 2. The lowest BCUT2D eigenvalue weighted by Crippen LogP contribution is -2.28. The van der Waals surface area contributed by atoms with Crippen molar-refractivity contribution in [3.63, 3.8) is 0 Å². The molecule has 1 saturated heterocycles. The maximum Gasteiger partial charge on any atom is 0.337 e. The fourth-order valence-electron chi connectivity index (χ4n) is 2.52. The van der Waals surface area contributed by atoms with Gasteiger partial charge in [0.2, 0.25) is 5.91 Å².